The lowest BCUT2D eigenvalue weighted by Crippen LogP contribution is -2.34. The molecule has 0 heterocycles. The lowest BCUT2D eigenvalue weighted by atomic mass is 10.0. The minimum absolute atomic E-state index is 0.0633. The van der Waals surface area contributed by atoms with E-state index in [2.05, 4.69) is 5.32 Å². The monoisotopic (exact) mass is 188 g/mol. The molecule has 0 saturated heterocycles. The molecule has 13 heavy (non-hydrogen) atoms. The molecule has 0 bridgehead atoms. The number of carbonyl (C=O) groups excluding carboxylic acids is 2. The van der Waals surface area contributed by atoms with E-state index < -0.39 is 5.91 Å². The number of hydrogen-bond donors (Lipinski definition) is 3. The van der Waals surface area contributed by atoms with E-state index >= 15 is 0 Å². The van der Waals surface area contributed by atoms with Crippen LogP contribution in [-0.4, -0.2) is 30.1 Å². The Kier molecular flexibility index (Phi) is 5.88. The Balaban J connectivity index is 3.92. The van der Waals surface area contributed by atoms with Crippen LogP contribution in [0.3, 0.4) is 0 Å². The predicted molar refractivity (Wildman–Crippen MR) is 47.7 cm³/mol. The summed E-state index contributed by atoms with van der Waals surface area (Å²) in [4.78, 5) is 21.8. The van der Waals surface area contributed by atoms with Gasteiger partial charge in [0.2, 0.25) is 11.8 Å². The van der Waals surface area contributed by atoms with E-state index in [1.165, 1.54) is 0 Å². The molecule has 1 unspecified atom stereocenters. The average molecular weight is 188 g/mol. The van der Waals surface area contributed by atoms with Gasteiger partial charge in [0.25, 0.3) is 0 Å². The highest BCUT2D eigenvalue weighted by atomic mass is 16.3. The average Bonchev–Trinajstić information content (AvgIpc) is 2.09. The molecule has 2 amide bonds. The number of nitrogens with two attached hydrogens (primary N) is 1. The fourth-order valence-corrected chi connectivity index (χ4v) is 0.989. The van der Waals surface area contributed by atoms with Crippen LogP contribution in [0, 0.1) is 5.92 Å². The van der Waals surface area contributed by atoms with Crippen molar-refractivity contribution in [3.63, 3.8) is 0 Å². The first-order valence-electron chi connectivity index (χ1n) is 4.28. The summed E-state index contributed by atoms with van der Waals surface area (Å²) in [5.41, 5.74) is 4.97. The summed E-state index contributed by atoms with van der Waals surface area (Å²) in [6.45, 7) is 1.93. The van der Waals surface area contributed by atoms with Crippen molar-refractivity contribution in [1.82, 2.24) is 5.32 Å². The summed E-state index contributed by atoms with van der Waals surface area (Å²) >= 11 is 0. The molecule has 5 nitrogen and oxygen atoms in total. The number of amides is 2. The van der Waals surface area contributed by atoms with E-state index in [1.54, 1.807) is 0 Å². The van der Waals surface area contributed by atoms with Crippen LogP contribution in [0.25, 0.3) is 0 Å². The Bertz CT molecular complexity index is 182. The number of nitrogens with one attached hydrogen (secondary N) is 1. The van der Waals surface area contributed by atoms with Gasteiger partial charge in [-0.1, -0.05) is 6.92 Å². The summed E-state index contributed by atoms with van der Waals surface area (Å²) in [7, 11) is 0. The van der Waals surface area contributed by atoms with Crippen molar-refractivity contribution in [3.8, 4) is 0 Å². The molecule has 4 N–H and O–H groups in total. The van der Waals surface area contributed by atoms with Gasteiger partial charge in [0.15, 0.2) is 0 Å². The third-order valence-electron chi connectivity index (χ3n) is 1.72. The number of aliphatic hydroxyl groups excluding tert-OH is 1. The van der Waals surface area contributed by atoms with Crippen LogP contribution in [-0.2, 0) is 9.59 Å². The van der Waals surface area contributed by atoms with E-state index in [-0.39, 0.29) is 31.4 Å². The van der Waals surface area contributed by atoms with E-state index in [0.717, 1.165) is 0 Å². The molecule has 76 valence electrons. The van der Waals surface area contributed by atoms with Crippen LogP contribution in [0.15, 0.2) is 0 Å². The van der Waals surface area contributed by atoms with Gasteiger partial charge < -0.3 is 16.2 Å². The lowest BCUT2D eigenvalue weighted by Gasteiger charge is -2.12. The number of aliphatic hydroxyl groups is 1. The van der Waals surface area contributed by atoms with E-state index in [0.29, 0.717) is 6.42 Å². The molecule has 0 aliphatic rings. The normalized spacial score (nSPS) is 12.2. The Morgan fingerprint density at radius 2 is 2.15 bits per heavy atom. The first-order valence-corrected chi connectivity index (χ1v) is 4.28. The van der Waals surface area contributed by atoms with Crippen molar-refractivity contribution in [2.75, 3.05) is 13.2 Å². The number of carbonyl (C=O) groups is 2. The molecular formula is C8H16N2O3. The first kappa shape index (κ1) is 11.9. The van der Waals surface area contributed by atoms with Crippen molar-refractivity contribution in [2.24, 2.45) is 11.7 Å². The fraction of sp³-hybridized carbons (Fsp3) is 0.750. The quantitative estimate of drug-likeness (QED) is 0.499. The van der Waals surface area contributed by atoms with Crippen molar-refractivity contribution in [3.05, 3.63) is 0 Å². The summed E-state index contributed by atoms with van der Waals surface area (Å²) in [5, 5.41) is 10.9. The molecule has 0 fully saturated rings. The Morgan fingerprint density at radius 3 is 2.54 bits per heavy atom. The molecule has 5 heteroatoms. The van der Waals surface area contributed by atoms with Gasteiger partial charge in [-0.2, -0.15) is 0 Å². The topological polar surface area (TPSA) is 92.4 Å². The van der Waals surface area contributed by atoms with Gasteiger partial charge in [-0.05, 0) is 6.42 Å². The van der Waals surface area contributed by atoms with Gasteiger partial charge in [0, 0.05) is 18.9 Å². The summed E-state index contributed by atoms with van der Waals surface area (Å²) in [6.07, 6.45) is 0.633. The predicted octanol–water partition coefficient (Wildman–Crippen LogP) is -1.00. The smallest absolute Gasteiger partial charge is 0.223 e. The molecule has 0 radical (unpaired) electrons. The maximum absolute atomic E-state index is 11.2. The van der Waals surface area contributed by atoms with Gasteiger partial charge >= 0.3 is 0 Å². The Hall–Kier alpha value is -1.10. The van der Waals surface area contributed by atoms with Gasteiger partial charge in [-0.25, -0.2) is 0 Å². The van der Waals surface area contributed by atoms with Crippen molar-refractivity contribution in [2.45, 2.75) is 19.8 Å². The zero-order valence-corrected chi connectivity index (χ0v) is 7.75. The molecule has 0 spiro atoms. The molecule has 1 atom stereocenters. The second-order valence-corrected chi connectivity index (χ2v) is 2.79. The van der Waals surface area contributed by atoms with Crippen molar-refractivity contribution < 1.29 is 14.7 Å². The lowest BCUT2D eigenvalue weighted by molar-refractivity contribution is -0.129. The SMILES string of the molecule is CCC(CC(N)=O)C(=O)NCCO. The highest BCUT2D eigenvalue weighted by molar-refractivity contribution is 5.84. The second-order valence-electron chi connectivity index (χ2n) is 2.79. The maximum atomic E-state index is 11.2. The maximum Gasteiger partial charge on any atom is 0.223 e. The highest BCUT2D eigenvalue weighted by Gasteiger charge is 2.17. The summed E-state index contributed by atoms with van der Waals surface area (Å²) in [5.74, 6) is -1.08. The van der Waals surface area contributed by atoms with Gasteiger partial charge in [-0.15, -0.1) is 0 Å². The van der Waals surface area contributed by atoms with E-state index in [4.69, 9.17) is 10.8 Å². The summed E-state index contributed by atoms with van der Waals surface area (Å²) in [6, 6.07) is 0. The molecule has 0 saturated carbocycles. The zero-order chi connectivity index (χ0) is 10.3. The minimum atomic E-state index is -0.481. The van der Waals surface area contributed by atoms with Crippen LogP contribution in [0.1, 0.15) is 19.8 Å². The van der Waals surface area contributed by atoms with Crippen LogP contribution in [0.2, 0.25) is 0 Å². The largest absolute Gasteiger partial charge is 0.395 e. The third kappa shape index (κ3) is 5.19. The molecule has 0 aliphatic carbocycles. The standard InChI is InChI=1S/C8H16N2O3/c1-2-6(5-7(9)12)8(13)10-3-4-11/h6,11H,2-5H2,1H3,(H2,9,12)(H,10,13). The number of rotatable bonds is 6. The van der Waals surface area contributed by atoms with Crippen LogP contribution >= 0.6 is 0 Å². The van der Waals surface area contributed by atoms with Crippen LogP contribution in [0.5, 0.6) is 0 Å². The second kappa shape index (κ2) is 6.42. The highest BCUT2D eigenvalue weighted by Crippen LogP contribution is 2.06. The molecular weight excluding hydrogens is 172 g/mol. The molecule has 0 aliphatic heterocycles. The van der Waals surface area contributed by atoms with E-state index in [1.807, 2.05) is 6.92 Å². The first-order chi connectivity index (χ1) is 6.11. The Labute approximate surface area is 77.3 Å². The van der Waals surface area contributed by atoms with E-state index in [9.17, 15) is 9.59 Å². The number of hydrogen-bond acceptors (Lipinski definition) is 3. The van der Waals surface area contributed by atoms with Crippen LogP contribution < -0.4 is 11.1 Å². The molecule has 0 aromatic carbocycles. The fourth-order valence-electron chi connectivity index (χ4n) is 0.989. The molecule has 0 rings (SSSR count). The van der Waals surface area contributed by atoms with Crippen molar-refractivity contribution >= 4 is 11.8 Å². The molecule has 0 aromatic heterocycles. The molecule has 0 aromatic rings. The van der Waals surface area contributed by atoms with Gasteiger partial charge in [0.05, 0.1) is 6.61 Å². The third-order valence-corrected chi connectivity index (χ3v) is 1.72. The van der Waals surface area contributed by atoms with Crippen molar-refractivity contribution in [1.29, 1.82) is 0 Å². The number of primary amides is 1. The van der Waals surface area contributed by atoms with Gasteiger partial charge in [-0.3, -0.25) is 9.59 Å². The zero-order valence-electron chi connectivity index (χ0n) is 7.75. The van der Waals surface area contributed by atoms with Gasteiger partial charge in [0.1, 0.15) is 0 Å². The summed E-state index contributed by atoms with van der Waals surface area (Å²) < 4.78 is 0. The Morgan fingerprint density at radius 1 is 1.54 bits per heavy atom. The van der Waals surface area contributed by atoms with Crippen LogP contribution in [0.4, 0.5) is 0 Å². The minimum Gasteiger partial charge on any atom is -0.395 e.